The van der Waals surface area contributed by atoms with Crippen LogP contribution in [-0.4, -0.2) is 0 Å². The van der Waals surface area contributed by atoms with Gasteiger partial charge in [-0.2, -0.15) is 0 Å². The van der Waals surface area contributed by atoms with Crippen molar-refractivity contribution in [3.8, 4) is 0 Å². The molecule has 0 aliphatic carbocycles. The average Bonchev–Trinajstić information content (AvgIpc) is 2.74. The van der Waals surface area contributed by atoms with Crippen LogP contribution in [0.5, 0.6) is 0 Å². The number of halogens is 2. The van der Waals surface area contributed by atoms with Gasteiger partial charge in [0.25, 0.3) is 0 Å². The molecule has 1 aromatic heterocycles. The fourth-order valence-electron chi connectivity index (χ4n) is 1.21. The van der Waals surface area contributed by atoms with Crippen LogP contribution in [0.4, 0.5) is 10.1 Å². The molecule has 2 N–H and O–H groups in total. The van der Waals surface area contributed by atoms with Crippen molar-refractivity contribution in [2.24, 2.45) is 0 Å². The van der Waals surface area contributed by atoms with Crippen LogP contribution in [0.1, 0.15) is 5.76 Å². The summed E-state index contributed by atoms with van der Waals surface area (Å²) >= 11 is 4.54. The second-order valence-corrected chi connectivity index (χ2v) is 5.04. The number of nitrogens with two attached hydrogens (primary N) is 1. The van der Waals surface area contributed by atoms with Gasteiger partial charge in [0.2, 0.25) is 0 Å². The van der Waals surface area contributed by atoms with Gasteiger partial charge in [0.15, 0.2) is 0 Å². The van der Waals surface area contributed by atoms with Gasteiger partial charge in [-0.15, -0.1) is 11.8 Å². The maximum Gasteiger partial charge on any atom is 0.138 e. The zero-order valence-electron chi connectivity index (χ0n) is 8.24. The Bertz CT molecular complexity index is 487. The molecule has 84 valence electrons. The minimum Gasteiger partial charge on any atom is -0.468 e. The summed E-state index contributed by atoms with van der Waals surface area (Å²) in [6.07, 6.45) is 1.61. The molecule has 0 atom stereocenters. The second kappa shape index (κ2) is 4.93. The Morgan fingerprint density at radius 3 is 2.94 bits per heavy atom. The number of nitrogen functional groups attached to an aromatic ring is 1. The highest BCUT2D eigenvalue weighted by atomic mass is 79.9. The summed E-state index contributed by atoms with van der Waals surface area (Å²) < 4.78 is 18.9. The van der Waals surface area contributed by atoms with Gasteiger partial charge in [0.05, 0.1) is 16.5 Å². The van der Waals surface area contributed by atoms with E-state index in [1.807, 2.05) is 12.1 Å². The molecule has 0 unspecified atom stereocenters. The van der Waals surface area contributed by atoms with Crippen molar-refractivity contribution < 1.29 is 8.81 Å². The Kier molecular flexibility index (Phi) is 3.56. The van der Waals surface area contributed by atoms with Crippen LogP contribution < -0.4 is 5.73 Å². The molecular formula is C11H9BrFNOS. The van der Waals surface area contributed by atoms with Crippen molar-refractivity contribution in [2.75, 3.05) is 5.73 Å². The van der Waals surface area contributed by atoms with Gasteiger partial charge >= 0.3 is 0 Å². The van der Waals surface area contributed by atoms with Crippen molar-refractivity contribution in [3.63, 3.8) is 0 Å². The Hall–Kier alpha value is -0.940. The van der Waals surface area contributed by atoms with E-state index in [-0.39, 0.29) is 5.82 Å². The van der Waals surface area contributed by atoms with E-state index < -0.39 is 0 Å². The first-order valence-corrected chi connectivity index (χ1v) is 6.34. The molecule has 16 heavy (non-hydrogen) atoms. The summed E-state index contributed by atoms with van der Waals surface area (Å²) in [5.74, 6) is 1.17. The quantitative estimate of drug-likeness (QED) is 0.686. The highest BCUT2D eigenvalue weighted by Crippen LogP contribution is 2.32. The molecule has 0 aliphatic rings. The third kappa shape index (κ3) is 2.59. The molecular weight excluding hydrogens is 293 g/mol. The first-order valence-electron chi connectivity index (χ1n) is 4.56. The third-order valence-corrected chi connectivity index (χ3v) is 3.70. The molecule has 2 aromatic rings. The average molecular weight is 302 g/mol. The molecule has 5 heteroatoms. The van der Waals surface area contributed by atoms with Crippen LogP contribution in [0.3, 0.4) is 0 Å². The highest BCUT2D eigenvalue weighted by Gasteiger charge is 2.07. The smallest absolute Gasteiger partial charge is 0.138 e. The molecule has 0 saturated carbocycles. The normalized spacial score (nSPS) is 10.6. The van der Waals surface area contributed by atoms with E-state index in [1.54, 1.807) is 12.3 Å². The lowest BCUT2D eigenvalue weighted by Crippen LogP contribution is -1.91. The lowest BCUT2D eigenvalue weighted by molar-refractivity contribution is 0.530. The van der Waals surface area contributed by atoms with Crippen molar-refractivity contribution in [1.82, 2.24) is 0 Å². The van der Waals surface area contributed by atoms with Gasteiger partial charge in [0.1, 0.15) is 11.6 Å². The number of rotatable bonds is 3. The first kappa shape index (κ1) is 11.5. The number of furan rings is 1. The summed E-state index contributed by atoms with van der Waals surface area (Å²) in [4.78, 5) is 0.720. The van der Waals surface area contributed by atoms with Crippen LogP contribution in [-0.2, 0) is 5.75 Å². The van der Waals surface area contributed by atoms with Crippen LogP contribution in [0.25, 0.3) is 0 Å². The Morgan fingerprint density at radius 1 is 1.44 bits per heavy atom. The molecule has 0 aliphatic heterocycles. The lowest BCUT2D eigenvalue weighted by atomic mass is 10.3. The van der Waals surface area contributed by atoms with Crippen LogP contribution in [0.2, 0.25) is 0 Å². The molecule has 0 saturated heterocycles. The van der Waals surface area contributed by atoms with Gasteiger partial charge in [-0.05, 0) is 40.2 Å². The van der Waals surface area contributed by atoms with E-state index in [4.69, 9.17) is 10.2 Å². The minimum atomic E-state index is -0.309. The molecule has 0 bridgehead atoms. The van der Waals surface area contributed by atoms with Crippen LogP contribution in [0, 0.1) is 5.82 Å². The van der Waals surface area contributed by atoms with Gasteiger partial charge in [-0.3, -0.25) is 0 Å². The summed E-state index contributed by atoms with van der Waals surface area (Å²) in [5.41, 5.74) is 6.34. The van der Waals surface area contributed by atoms with E-state index in [9.17, 15) is 4.39 Å². The predicted octanol–water partition coefficient (Wildman–Crippen LogP) is 4.06. The topological polar surface area (TPSA) is 39.2 Å². The van der Waals surface area contributed by atoms with Crippen molar-refractivity contribution in [1.29, 1.82) is 0 Å². The van der Waals surface area contributed by atoms with Crippen molar-refractivity contribution in [2.45, 2.75) is 10.6 Å². The summed E-state index contributed by atoms with van der Waals surface area (Å²) in [6, 6.07) is 6.69. The third-order valence-electron chi connectivity index (χ3n) is 2.00. The summed E-state index contributed by atoms with van der Waals surface area (Å²) in [7, 11) is 0. The highest BCUT2D eigenvalue weighted by molar-refractivity contribution is 9.10. The SMILES string of the molecule is Nc1cc(Br)c(F)cc1SCc1ccco1. The number of anilines is 1. The second-order valence-electron chi connectivity index (χ2n) is 3.17. The molecule has 2 rings (SSSR count). The maximum atomic E-state index is 13.3. The van der Waals surface area contributed by atoms with Crippen molar-refractivity contribution >= 4 is 33.4 Å². The van der Waals surface area contributed by atoms with E-state index in [1.165, 1.54) is 17.8 Å². The molecule has 0 spiro atoms. The zero-order valence-corrected chi connectivity index (χ0v) is 10.6. The largest absolute Gasteiger partial charge is 0.468 e. The Morgan fingerprint density at radius 2 is 2.25 bits per heavy atom. The number of hydrogen-bond donors (Lipinski definition) is 1. The van der Waals surface area contributed by atoms with Gasteiger partial charge in [-0.1, -0.05) is 0 Å². The monoisotopic (exact) mass is 301 g/mol. The summed E-state index contributed by atoms with van der Waals surface area (Å²) in [6.45, 7) is 0. The van der Waals surface area contributed by atoms with Crippen molar-refractivity contribution in [3.05, 3.63) is 46.6 Å². The fraction of sp³-hybridized carbons (Fsp3) is 0.0909. The Balaban J connectivity index is 2.12. The van der Waals surface area contributed by atoms with Crippen LogP contribution in [0.15, 0.2) is 44.3 Å². The molecule has 0 amide bonds. The minimum absolute atomic E-state index is 0.309. The number of hydrogen-bond acceptors (Lipinski definition) is 3. The van der Waals surface area contributed by atoms with Gasteiger partial charge in [-0.25, -0.2) is 4.39 Å². The van der Waals surface area contributed by atoms with E-state index in [2.05, 4.69) is 15.9 Å². The molecule has 0 fully saturated rings. The van der Waals surface area contributed by atoms with E-state index in [0.717, 1.165) is 10.7 Å². The Labute approximate surface area is 105 Å². The predicted molar refractivity (Wildman–Crippen MR) is 66.8 cm³/mol. The number of thioether (sulfide) groups is 1. The molecule has 1 aromatic carbocycles. The summed E-state index contributed by atoms with van der Waals surface area (Å²) in [5, 5.41) is 0. The fourth-order valence-corrected chi connectivity index (χ4v) is 2.45. The van der Waals surface area contributed by atoms with E-state index in [0.29, 0.717) is 15.9 Å². The van der Waals surface area contributed by atoms with Gasteiger partial charge < -0.3 is 10.2 Å². The standard InChI is InChI=1S/C11H9BrFNOS/c12-8-4-10(14)11(5-9(8)13)16-6-7-2-1-3-15-7/h1-5H,6,14H2. The zero-order chi connectivity index (χ0) is 11.5. The molecule has 1 heterocycles. The molecule has 2 nitrogen and oxygen atoms in total. The van der Waals surface area contributed by atoms with E-state index >= 15 is 0 Å². The van der Waals surface area contributed by atoms with Gasteiger partial charge in [0, 0.05) is 10.6 Å². The lowest BCUT2D eigenvalue weighted by Gasteiger charge is -2.05. The first-order chi connectivity index (χ1) is 7.66. The molecule has 0 radical (unpaired) electrons. The van der Waals surface area contributed by atoms with Crippen LogP contribution >= 0.6 is 27.7 Å². The maximum absolute atomic E-state index is 13.3. The number of benzene rings is 1.